The van der Waals surface area contributed by atoms with Crippen LogP contribution in [0.15, 0.2) is 69.7 Å². The Morgan fingerprint density at radius 1 is 0.738 bits per heavy atom. The molecule has 0 aromatic heterocycles. The maximum atomic E-state index is 12.3. The molecular formula is C34H36N4O4. The predicted octanol–water partition coefficient (Wildman–Crippen LogP) is 5.34. The zero-order valence-corrected chi connectivity index (χ0v) is 24.2. The summed E-state index contributed by atoms with van der Waals surface area (Å²) >= 11 is 0. The lowest BCUT2D eigenvalue weighted by Gasteiger charge is -2.19. The highest BCUT2D eigenvalue weighted by atomic mass is 16.7. The van der Waals surface area contributed by atoms with E-state index in [-0.39, 0.29) is 12.1 Å². The van der Waals surface area contributed by atoms with E-state index in [1.165, 1.54) is 67.3 Å². The summed E-state index contributed by atoms with van der Waals surface area (Å²) < 4.78 is 0. The number of fused-ring (bicyclic) bond motifs is 2. The van der Waals surface area contributed by atoms with Crippen molar-refractivity contribution in [3.63, 3.8) is 0 Å². The van der Waals surface area contributed by atoms with Crippen molar-refractivity contribution < 1.29 is 19.3 Å². The van der Waals surface area contributed by atoms with Crippen LogP contribution in [0, 0.1) is 13.8 Å². The van der Waals surface area contributed by atoms with Gasteiger partial charge < -0.3 is 9.68 Å². The van der Waals surface area contributed by atoms with Crippen molar-refractivity contribution in [3.05, 3.63) is 93.1 Å². The van der Waals surface area contributed by atoms with Crippen molar-refractivity contribution in [3.8, 4) is 0 Å². The summed E-state index contributed by atoms with van der Waals surface area (Å²) in [6.45, 7) is 5.20. The Kier molecular flexibility index (Phi) is 8.04. The summed E-state index contributed by atoms with van der Waals surface area (Å²) in [5, 5.41) is 2.83. The van der Waals surface area contributed by atoms with Crippen LogP contribution in [0.25, 0.3) is 12.2 Å². The molecule has 0 spiro atoms. The molecule has 0 bridgehead atoms. The lowest BCUT2D eigenvalue weighted by molar-refractivity contribution is -0.167. The monoisotopic (exact) mass is 564 g/mol. The van der Waals surface area contributed by atoms with E-state index in [4.69, 9.17) is 9.68 Å². The van der Waals surface area contributed by atoms with Crippen molar-refractivity contribution in [1.29, 1.82) is 0 Å². The molecule has 2 heterocycles. The summed E-state index contributed by atoms with van der Waals surface area (Å²) in [6.07, 6.45) is 15.5. The average Bonchev–Trinajstić information content (AvgIpc) is 3.60. The van der Waals surface area contributed by atoms with E-state index < -0.39 is 11.9 Å². The molecule has 0 N–H and O–H groups in total. The molecule has 0 radical (unpaired) electrons. The molecule has 2 aromatic carbocycles. The van der Waals surface area contributed by atoms with Crippen LogP contribution >= 0.6 is 0 Å². The summed E-state index contributed by atoms with van der Waals surface area (Å²) in [7, 11) is 0. The number of hydrogen-bond acceptors (Lipinski definition) is 8. The lowest BCUT2D eigenvalue weighted by Crippen LogP contribution is -2.27. The third kappa shape index (κ3) is 6.87. The van der Waals surface area contributed by atoms with Gasteiger partial charge >= 0.3 is 11.9 Å². The fraction of sp³-hybridized carbons (Fsp3) is 0.353. The first kappa shape index (κ1) is 27.7. The molecule has 8 nitrogen and oxygen atoms in total. The molecule has 2 aliphatic carbocycles. The molecule has 0 amide bonds. The topological polar surface area (TPSA) is 83.8 Å². The van der Waals surface area contributed by atoms with Crippen molar-refractivity contribution in [2.75, 3.05) is 13.1 Å². The largest absolute Gasteiger partial charge is 0.356 e. The first-order valence-corrected chi connectivity index (χ1v) is 14.7. The molecule has 6 rings (SSSR count). The van der Waals surface area contributed by atoms with Gasteiger partial charge in [0.2, 0.25) is 0 Å². The zero-order chi connectivity index (χ0) is 29.1. The maximum absolute atomic E-state index is 12.3. The number of benzene rings is 2. The molecule has 216 valence electrons. The minimum atomic E-state index is -0.659. The van der Waals surface area contributed by atoms with Gasteiger partial charge in [0.15, 0.2) is 0 Å². The Morgan fingerprint density at radius 3 is 1.64 bits per heavy atom. The number of hydroxylamine groups is 4. The Balaban J connectivity index is 0.912. The van der Waals surface area contributed by atoms with Gasteiger partial charge in [-0.05, 0) is 74.6 Å². The molecule has 4 aliphatic rings. The van der Waals surface area contributed by atoms with E-state index in [9.17, 15) is 9.59 Å². The standard InChI is InChI=1S/C34H36N4O4/c1-23-3-7-29-15-25(5-9-27(29)13-23)17-31-19-37(21-35-31)41-33(39)11-12-34(40)42-38-20-32(36-22-38)18-26-6-10-28-14-24(2)4-8-30(28)16-26/h3-4,7-8,11-16,21-22,31-32H,5-6,9-10,17-20H2,1-2H3/b12-11+. The fourth-order valence-corrected chi connectivity index (χ4v) is 6.01. The number of aryl methyl sites for hydroxylation is 4. The van der Waals surface area contributed by atoms with Crippen LogP contribution in [-0.4, -0.2) is 59.9 Å². The molecule has 2 aromatic rings. The second-order valence-electron chi connectivity index (χ2n) is 11.6. The fourth-order valence-electron chi connectivity index (χ4n) is 6.01. The number of nitrogens with zero attached hydrogens (tertiary/aromatic N) is 4. The molecule has 2 atom stereocenters. The average molecular weight is 565 g/mol. The Bertz CT molecular complexity index is 1420. The molecule has 8 heteroatoms. The quantitative estimate of drug-likeness (QED) is 0.403. The molecule has 42 heavy (non-hydrogen) atoms. The SMILES string of the molecule is Cc1ccc2c(c1)CCC(CC1CN(OC(=O)/C=C/C(=O)ON3C=NC(CC4=Cc5ccc(C)cc5CC4)C3)C=N1)=C2. The molecular weight excluding hydrogens is 528 g/mol. The highest BCUT2D eigenvalue weighted by Gasteiger charge is 2.24. The Morgan fingerprint density at radius 2 is 1.19 bits per heavy atom. The Labute approximate surface area is 246 Å². The van der Waals surface area contributed by atoms with Crippen LogP contribution in [-0.2, 0) is 32.1 Å². The number of carbonyl (C=O) groups excluding carboxylic acids is 2. The molecule has 0 fully saturated rings. The van der Waals surface area contributed by atoms with Crippen molar-refractivity contribution >= 4 is 36.8 Å². The van der Waals surface area contributed by atoms with Gasteiger partial charge in [-0.2, -0.15) is 10.1 Å². The van der Waals surface area contributed by atoms with Gasteiger partial charge in [0, 0.05) is 12.2 Å². The summed E-state index contributed by atoms with van der Waals surface area (Å²) in [5.41, 5.74) is 10.6. The van der Waals surface area contributed by atoms with E-state index in [0.717, 1.165) is 50.7 Å². The lowest BCUT2D eigenvalue weighted by atomic mass is 9.88. The van der Waals surface area contributed by atoms with Gasteiger partial charge in [-0.3, -0.25) is 9.98 Å². The maximum Gasteiger partial charge on any atom is 0.356 e. The predicted molar refractivity (Wildman–Crippen MR) is 163 cm³/mol. The summed E-state index contributed by atoms with van der Waals surface area (Å²) in [5.74, 6) is -1.32. The number of rotatable bonds is 8. The normalized spacial score (nSPS) is 20.8. The van der Waals surface area contributed by atoms with E-state index in [1.807, 2.05) is 0 Å². The highest BCUT2D eigenvalue weighted by molar-refractivity contribution is 5.92. The van der Waals surface area contributed by atoms with Crippen LogP contribution in [0.1, 0.15) is 59.1 Å². The van der Waals surface area contributed by atoms with Crippen molar-refractivity contribution in [2.24, 2.45) is 9.98 Å². The third-order valence-electron chi connectivity index (χ3n) is 8.11. The number of carbonyl (C=O) groups is 2. The van der Waals surface area contributed by atoms with Gasteiger partial charge in [-0.1, -0.05) is 70.8 Å². The summed E-state index contributed by atoms with van der Waals surface area (Å²) in [6, 6.07) is 13.2. The molecule has 0 saturated carbocycles. The van der Waals surface area contributed by atoms with E-state index >= 15 is 0 Å². The van der Waals surface area contributed by atoms with Gasteiger partial charge in [0.05, 0.1) is 25.2 Å². The van der Waals surface area contributed by atoms with Crippen LogP contribution in [0.3, 0.4) is 0 Å². The van der Waals surface area contributed by atoms with E-state index in [0.29, 0.717) is 13.1 Å². The van der Waals surface area contributed by atoms with Crippen molar-refractivity contribution in [2.45, 2.75) is 64.5 Å². The minimum Gasteiger partial charge on any atom is -0.335 e. The molecule has 2 unspecified atom stereocenters. The van der Waals surface area contributed by atoms with E-state index in [1.54, 1.807) is 0 Å². The van der Waals surface area contributed by atoms with Crippen molar-refractivity contribution in [1.82, 2.24) is 10.1 Å². The number of hydrogen-bond donors (Lipinski definition) is 0. The van der Waals surface area contributed by atoms with Crippen LogP contribution < -0.4 is 0 Å². The summed E-state index contributed by atoms with van der Waals surface area (Å²) in [4.78, 5) is 44.3. The van der Waals surface area contributed by atoms with Gasteiger partial charge in [-0.25, -0.2) is 9.59 Å². The van der Waals surface area contributed by atoms with Crippen LogP contribution in [0.5, 0.6) is 0 Å². The second-order valence-corrected chi connectivity index (χ2v) is 11.6. The smallest absolute Gasteiger partial charge is 0.335 e. The minimum absolute atomic E-state index is 0.0238. The first-order chi connectivity index (χ1) is 20.4. The van der Waals surface area contributed by atoms with Crippen LogP contribution in [0.2, 0.25) is 0 Å². The van der Waals surface area contributed by atoms with Crippen LogP contribution in [0.4, 0.5) is 0 Å². The van der Waals surface area contributed by atoms with Gasteiger partial charge in [0.25, 0.3) is 0 Å². The second kappa shape index (κ2) is 12.2. The first-order valence-electron chi connectivity index (χ1n) is 14.7. The third-order valence-corrected chi connectivity index (χ3v) is 8.11. The Hall–Kier alpha value is -4.46. The number of aliphatic imine (C=N–C) groups is 2. The van der Waals surface area contributed by atoms with E-state index in [2.05, 4.69) is 72.4 Å². The van der Waals surface area contributed by atoms with Gasteiger partial charge in [-0.15, -0.1) is 0 Å². The highest BCUT2D eigenvalue weighted by Crippen LogP contribution is 2.30. The molecule has 0 saturated heterocycles. The molecule has 2 aliphatic heterocycles. The zero-order valence-electron chi connectivity index (χ0n) is 24.2. The van der Waals surface area contributed by atoms with Gasteiger partial charge in [0.1, 0.15) is 12.7 Å².